The molecule has 5 nitrogen and oxygen atoms in total. The minimum absolute atomic E-state index is 0.0647. The molecule has 0 spiro atoms. The van der Waals surface area contributed by atoms with E-state index in [9.17, 15) is 9.59 Å². The van der Waals surface area contributed by atoms with E-state index in [1.54, 1.807) is 11.1 Å². The number of rotatable bonds is 12. The van der Waals surface area contributed by atoms with E-state index in [4.69, 9.17) is 5.73 Å². The third kappa shape index (κ3) is 8.33. The van der Waals surface area contributed by atoms with Crippen LogP contribution in [0.15, 0.2) is 24.4 Å². The number of allylic oxidation sites excluding steroid dienone is 2. The Morgan fingerprint density at radius 2 is 1.76 bits per heavy atom. The van der Waals surface area contributed by atoms with Crippen molar-refractivity contribution >= 4 is 11.8 Å². The van der Waals surface area contributed by atoms with E-state index in [1.807, 2.05) is 32.1 Å². The lowest BCUT2D eigenvalue weighted by Crippen LogP contribution is -2.57. The first kappa shape index (κ1) is 25.4. The molecule has 0 aromatic rings. The molecule has 0 saturated heterocycles. The summed E-state index contributed by atoms with van der Waals surface area (Å²) < 4.78 is 0. The first-order valence-corrected chi connectivity index (χ1v) is 11.4. The molecule has 0 bridgehead atoms. The van der Waals surface area contributed by atoms with Crippen LogP contribution in [0.2, 0.25) is 0 Å². The molecular formula is C24H43N3O2. The molecule has 5 heteroatoms. The van der Waals surface area contributed by atoms with Gasteiger partial charge in [-0.3, -0.25) is 9.59 Å². The molecule has 0 radical (unpaired) electrons. The molecule has 1 aliphatic heterocycles. The predicted molar refractivity (Wildman–Crippen MR) is 121 cm³/mol. The summed E-state index contributed by atoms with van der Waals surface area (Å²) in [5, 5.41) is 3.19. The van der Waals surface area contributed by atoms with Gasteiger partial charge in [0.25, 0.3) is 0 Å². The van der Waals surface area contributed by atoms with Crippen molar-refractivity contribution < 1.29 is 9.59 Å². The van der Waals surface area contributed by atoms with Crippen LogP contribution in [0.3, 0.4) is 0 Å². The minimum Gasteiger partial charge on any atom is -0.351 e. The van der Waals surface area contributed by atoms with Gasteiger partial charge in [-0.2, -0.15) is 0 Å². The lowest BCUT2D eigenvalue weighted by molar-refractivity contribution is -0.134. The number of nitrogens with zero attached hydrogens (tertiary/aromatic N) is 1. The molecule has 0 aromatic carbocycles. The van der Waals surface area contributed by atoms with Gasteiger partial charge in [0.2, 0.25) is 11.8 Å². The van der Waals surface area contributed by atoms with Crippen molar-refractivity contribution in [2.45, 2.75) is 98.2 Å². The fourth-order valence-corrected chi connectivity index (χ4v) is 3.61. The van der Waals surface area contributed by atoms with Crippen molar-refractivity contribution in [3.05, 3.63) is 24.4 Å². The van der Waals surface area contributed by atoms with Crippen LogP contribution in [0.5, 0.6) is 0 Å². The van der Waals surface area contributed by atoms with Gasteiger partial charge in [-0.15, -0.1) is 0 Å². The number of carbonyl (C=O) groups excluding carboxylic acids is 2. The van der Waals surface area contributed by atoms with Crippen molar-refractivity contribution in [3.8, 4) is 0 Å². The summed E-state index contributed by atoms with van der Waals surface area (Å²) in [4.78, 5) is 27.3. The Morgan fingerprint density at radius 1 is 1.07 bits per heavy atom. The minimum atomic E-state index is -0.539. The van der Waals surface area contributed by atoms with E-state index in [-0.39, 0.29) is 35.7 Å². The molecule has 0 aromatic heterocycles. The second kappa shape index (κ2) is 12.8. The van der Waals surface area contributed by atoms with Crippen molar-refractivity contribution in [2.24, 2.45) is 23.5 Å². The maximum absolute atomic E-state index is 13.0. The monoisotopic (exact) mass is 405 g/mol. The first-order chi connectivity index (χ1) is 13.7. The van der Waals surface area contributed by atoms with E-state index in [0.717, 1.165) is 19.3 Å². The Hall–Kier alpha value is -1.62. The highest BCUT2D eigenvalue weighted by molar-refractivity contribution is 5.84. The predicted octanol–water partition coefficient (Wildman–Crippen LogP) is 4.39. The fraction of sp³-hybridized carbons (Fsp3) is 0.750. The summed E-state index contributed by atoms with van der Waals surface area (Å²) in [6.07, 6.45) is 13.3. The largest absolute Gasteiger partial charge is 0.351 e. The quantitative estimate of drug-likeness (QED) is 0.473. The van der Waals surface area contributed by atoms with Gasteiger partial charge >= 0.3 is 0 Å². The number of nitrogens with two attached hydrogens (primary N) is 1. The third-order valence-electron chi connectivity index (χ3n) is 5.88. The zero-order valence-corrected chi connectivity index (χ0v) is 19.4. The van der Waals surface area contributed by atoms with E-state index in [2.05, 4.69) is 33.0 Å². The summed E-state index contributed by atoms with van der Waals surface area (Å²) in [5.74, 6) is 0.996. The number of hydrogen-bond donors (Lipinski definition) is 2. The maximum Gasteiger partial charge on any atom is 0.244 e. The van der Waals surface area contributed by atoms with Crippen LogP contribution >= 0.6 is 0 Å². The number of carbonyl (C=O) groups is 2. The lowest BCUT2D eigenvalue weighted by atomic mass is 9.91. The van der Waals surface area contributed by atoms with E-state index < -0.39 is 6.04 Å². The summed E-state index contributed by atoms with van der Waals surface area (Å²) in [6.45, 7) is 12.7. The molecule has 1 heterocycles. The van der Waals surface area contributed by atoms with E-state index >= 15 is 0 Å². The van der Waals surface area contributed by atoms with Crippen LogP contribution in [0.4, 0.5) is 0 Å². The van der Waals surface area contributed by atoms with Crippen LogP contribution in [-0.2, 0) is 9.59 Å². The van der Waals surface area contributed by atoms with E-state index in [1.165, 1.54) is 12.8 Å². The smallest absolute Gasteiger partial charge is 0.244 e. The average molecular weight is 406 g/mol. The molecule has 2 unspecified atom stereocenters. The highest BCUT2D eigenvalue weighted by Gasteiger charge is 2.34. The number of amides is 2. The van der Waals surface area contributed by atoms with Crippen molar-refractivity contribution in [1.29, 1.82) is 0 Å². The number of unbranched alkanes of at least 4 members (excludes halogenated alkanes) is 2. The maximum atomic E-state index is 13.0. The first-order valence-electron chi connectivity index (χ1n) is 11.4. The Kier molecular flexibility index (Phi) is 11.3. The van der Waals surface area contributed by atoms with Crippen molar-refractivity contribution in [1.82, 2.24) is 10.2 Å². The van der Waals surface area contributed by atoms with Gasteiger partial charge in [0.15, 0.2) is 0 Å². The van der Waals surface area contributed by atoms with Crippen molar-refractivity contribution in [3.63, 3.8) is 0 Å². The van der Waals surface area contributed by atoms with Gasteiger partial charge in [0.05, 0.1) is 18.1 Å². The SMILES string of the molecule is CC[C@H](C)[C@H](N)C(=O)N1C=CC=CC1C(NC(=O)CCCCCC(C)C)C(C)C. The normalized spacial score (nSPS) is 19.5. The highest BCUT2D eigenvalue weighted by atomic mass is 16.2. The molecule has 3 N–H and O–H groups in total. The van der Waals surface area contributed by atoms with Crippen LogP contribution in [0.25, 0.3) is 0 Å². The van der Waals surface area contributed by atoms with Crippen LogP contribution in [0.1, 0.15) is 80.1 Å². The van der Waals surface area contributed by atoms with Crippen LogP contribution in [-0.4, -0.2) is 34.8 Å². The zero-order valence-electron chi connectivity index (χ0n) is 19.4. The van der Waals surface area contributed by atoms with Crippen LogP contribution in [0, 0.1) is 17.8 Å². The topological polar surface area (TPSA) is 75.4 Å². The standard InChI is InChI=1S/C24H43N3O2/c1-7-19(6)22(25)24(29)27-16-12-11-14-20(27)23(18(4)5)26-21(28)15-10-8-9-13-17(2)3/h11-12,14,16-20,22-23H,7-10,13,15,25H2,1-6H3,(H,26,28)/t19-,20?,22-,23?/m0/s1. The Labute approximate surface area is 178 Å². The Bertz CT molecular complexity index is 568. The summed E-state index contributed by atoms with van der Waals surface area (Å²) in [7, 11) is 0. The van der Waals surface area contributed by atoms with Gasteiger partial charge in [0.1, 0.15) is 0 Å². The second-order valence-electron chi connectivity index (χ2n) is 9.20. The van der Waals surface area contributed by atoms with E-state index in [0.29, 0.717) is 12.3 Å². The number of nitrogens with one attached hydrogen (secondary N) is 1. The molecule has 0 fully saturated rings. The molecule has 1 rings (SSSR count). The summed E-state index contributed by atoms with van der Waals surface area (Å²) in [6, 6.07) is -0.900. The molecule has 166 valence electrons. The lowest BCUT2D eigenvalue weighted by Gasteiger charge is -2.38. The summed E-state index contributed by atoms with van der Waals surface area (Å²) in [5.41, 5.74) is 6.22. The fourth-order valence-electron chi connectivity index (χ4n) is 3.61. The molecule has 2 amide bonds. The second-order valence-corrected chi connectivity index (χ2v) is 9.20. The van der Waals surface area contributed by atoms with Gasteiger partial charge in [-0.25, -0.2) is 0 Å². The molecule has 0 aliphatic carbocycles. The Morgan fingerprint density at radius 3 is 2.34 bits per heavy atom. The van der Waals surface area contributed by atoms with Gasteiger partial charge in [-0.05, 0) is 30.3 Å². The van der Waals surface area contributed by atoms with Gasteiger partial charge in [0, 0.05) is 12.6 Å². The summed E-state index contributed by atoms with van der Waals surface area (Å²) >= 11 is 0. The highest BCUT2D eigenvalue weighted by Crippen LogP contribution is 2.21. The molecule has 0 saturated carbocycles. The molecular weight excluding hydrogens is 362 g/mol. The van der Waals surface area contributed by atoms with Crippen LogP contribution < -0.4 is 11.1 Å². The van der Waals surface area contributed by atoms with Crippen molar-refractivity contribution in [2.75, 3.05) is 0 Å². The van der Waals surface area contributed by atoms with Gasteiger partial charge < -0.3 is 16.0 Å². The molecule has 4 atom stereocenters. The third-order valence-corrected chi connectivity index (χ3v) is 5.88. The average Bonchev–Trinajstić information content (AvgIpc) is 2.69. The number of hydrogen-bond acceptors (Lipinski definition) is 3. The Balaban J connectivity index is 2.74. The molecule has 1 aliphatic rings. The van der Waals surface area contributed by atoms with Gasteiger partial charge in [-0.1, -0.05) is 79.4 Å². The molecule has 29 heavy (non-hydrogen) atoms. The zero-order chi connectivity index (χ0) is 22.0.